The van der Waals surface area contributed by atoms with Crippen molar-refractivity contribution in [3.63, 3.8) is 0 Å². The van der Waals surface area contributed by atoms with E-state index in [1.807, 2.05) is 6.92 Å². The van der Waals surface area contributed by atoms with E-state index in [0.717, 1.165) is 17.3 Å². The Labute approximate surface area is 107 Å². The van der Waals surface area contributed by atoms with Crippen LogP contribution in [0.25, 0.3) is 0 Å². The van der Waals surface area contributed by atoms with Gasteiger partial charge in [0.15, 0.2) is 5.78 Å². The first-order valence-corrected chi connectivity index (χ1v) is 6.58. The number of ether oxygens (including phenoxy) is 1. The van der Waals surface area contributed by atoms with Crippen molar-refractivity contribution in [2.24, 2.45) is 5.92 Å². The number of aryl methyl sites for hydroxylation is 1. The lowest BCUT2D eigenvalue weighted by Crippen LogP contribution is -2.12. The molecule has 0 aromatic carbocycles. The topological polar surface area (TPSA) is 51.2 Å². The molecule has 0 saturated carbocycles. The Morgan fingerprint density at radius 2 is 2.24 bits per heavy atom. The second kappa shape index (κ2) is 6.71. The molecule has 0 fully saturated rings. The highest BCUT2D eigenvalue weighted by Crippen LogP contribution is 2.24. The van der Waals surface area contributed by atoms with Crippen molar-refractivity contribution in [2.45, 2.75) is 27.7 Å². The summed E-state index contributed by atoms with van der Waals surface area (Å²) >= 11 is 1.33. The molecule has 1 aromatic rings. The van der Waals surface area contributed by atoms with E-state index in [9.17, 15) is 4.79 Å². The second-order valence-corrected chi connectivity index (χ2v) is 5.20. The monoisotopic (exact) mass is 256 g/mol. The predicted molar refractivity (Wildman–Crippen MR) is 71.0 cm³/mol. The summed E-state index contributed by atoms with van der Waals surface area (Å²) in [6.07, 6.45) is 0. The quantitative estimate of drug-likeness (QED) is 0.602. The third-order valence-corrected chi connectivity index (χ3v) is 3.09. The van der Waals surface area contributed by atoms with Gasteiger partial charge in [0.1, 0.15) is 5.00 Å². The predicted octanol–water partition coefficient (Wildman–Crippen LogP) is 2.74. The molecule has 96 valence electrons. The Morgan fingerprint density at radius 1 is 1.53 bits per heavy atom. The number of hydrogen-bond acceptors (Lipinski definition) is 5. The maximum absolute atomic E-state index is 11.4. The maximum Gasteiger partial charge on any atom is 0.164 e. The first kappa shape index (κ1) is 14.1. The van der Waals surface area contributed by atoms with Crippen LogP contribution in [0.4, 0.5) is 5.00 Å². The standard InChI is InChI=1S/C12H20N2O2S/c1-8(2)7-16-6-5-13-12-11(10(4)15)9(3)14-17-12/h8,13H,5-7H2,1-4H3. The fraction of sp³-hybridized carbons (Fsp3) is 0.667. The van der Waals surface area contributed by atoms with Crippen LogP contribution < -0.4 is 5.32 Å². The van der Waals surface area contributed by atoms with Gasteiger partial charge in [-0.1, -0.05) is 13.8 Å². The van der Waals surface area contributed by atoms with Gasteiger partial charge in [-0.2, -0.15) is 4.37 Å². The Balaban J connectivity index is 2.39. The lowest BCUT2D eigenvalue weighted by Gasteiger charge is -2.08. The number of hydrogen-bond donors (Lipinski definition) is 1. The zero-order chi connectivity index (χ0) is 12.8. The van der Waals surface area contributed by atoms with Crippen LogP contribution in [0, 0.1) is 12.8 Å². The molecule has 1 rings (SSSR count). The van der Waals surface area contributed by atoms with Gasteiger partial charge in [-0.15, -0.1) is 0 Å². The Morgan fingerprint density at radius 3 is 2.82 bits per heavy atom. The van der Waals surface area contributed by atoms with Gasteiger partial charge < -0.3 is 10.1 Å². The molecule has 0 radical (unpaired) electrons. The molecule has 0 aliphatic rings. The van der Waals surface area contributed by atoms with E-state index < -0.39 is 0 Å². The Kier molecular flexibility index (Phi) is 5.58. The van der Waals surface area contributed by atoms with E-state index in [-0.39, 0.29) is 5.78 Å². The number of Topliss-reactive ketones (excluding diaryl/α,β-unsaturated/α-hetero) is 1. The summed E-state index contributed by atoms with van der Waals surface area (Å²) in [5.74, 6) is 0.607. The summed E-state index contributed by atoms with van der Waals surface area (Å²) in [5.41, 5.74) is 1.51. The van der Waals surface area contributed by atoms with Gasteiger partial charge in [0.05, 0.1) is 17.9 Å². The van der Waals surface area contributed by atoms with Crippen LogP contribution in [0.15, 0.2) is 0 Å². The van der Waals surface area contributed by atoms with Crippen molar-refractivity contribution in [1.29, 1.82) is 0 Å². The van der Waals surface area contributed by atoms with E-state index in [4.69, 9.17) is 4.74 Å². The number of carbonyl (C=O) groups is 1. The van der Waals surface area contributed by atoms with Crippen molar-refractivity contribution in [1.82, 2.24) is 4.37 Å². The van der Waals surface area contributed by atoms with Gasteiger partial charge in [0.2, 0.25) is 0 Å². The third kappa shape index (κ3) is 4.44. The summed E-state index contributed by atoms with van der Waals surface area (Å²) in [6.45, 7) is 9.77. The Bertz CT molecular complexity index is 375. The van der Waals surface area contributed by atoms with Crippen molar-refractivity contribution >= 4 is 22.3 Å². The molecule has 0 spiro atoms. The third-order valence-electron chi connectivity index (χ3n) is 2.20. The molecule has 4 nitrogen and oxygen atoms in total. The van der Waals surface area contributed by atoms with E-state index in [0.29, 0.717) is 24.6 Å². The molecular formula is C12H20N2O2S. The number of carbonyl (C=O) groups excluding carboxylic acids is 1. The molecule has 0 amide bonds. The normalized spacial score (nSPS) is 10.9. The van der Waals surface area contributed by atoms with Crippen LogP contribution in [-0.2, 0) is 4.74 Å². The molecule has 0 aliphatic heterocycles. The number of rotatable bonds is 7. The first-order valence-electron chi connectivity index (χ1n) is 5.81. The summed E-state index contributed by atoms with van der Waals surface area (Å²) < 4.78 is 9.64. The van der Waals surface area contributed by atoms with Crippen LogP contribution in [0.1, 0.15) is 36.8 Å². The van der Waals surface area contributed by atoms with Crippen LogP contribution in [-0.4, -0.2) is 29.9 Å². The van der Waals surface area contributed by atoms with E-state index in [2.05, 4.69) is 23.5 Å². The lowest BCUT2D eigenvalue weighted by atomic mass is 10.2. The van der Waals surface area contributed by atoms with Gasteiger partial charge >= 0.3 is 0 Å². The van der Waals surface area contributed by atoms with Crippen molar-refractivity contribution < 1.29 is 9.53 Å². The lowest BCUT2D eigenvalue weighted by molar-refractivity contribution is 0.101. The summed E-state index contributed by atoms with van der Waals surface area (Å²) in [5, 5.41) is 4.05. The van der Waals surface area contributed by atoms with Crippen LogP contribution in [0.2, 0.25) is 0 Å². The largest absolute Gasteiger partial charge is 0.379 e. The minimum absolute atomic E-state index is 0.0573. The molecule has 0 bridgehead atoms. The van der Waals surface area contributed by atoms with Crippen molar-refractivity contribution in [2.75, 3.05) is 25.1 Å². The summed E-state index contributed by atoms with van der Waals surface area (Å²) in [4.78, 5) is 11.4. The Hall–Kier alpha value is -0.940. The molecule has 0 aliphatic carbocycles. The van der Waals surface area contributed by atoms with Gasteiger partial charge in [-0.3, -0.25) is 4.79 Å². The minimum Gasteiger partial charge on any atom is -0.379 e. The highest BCUT2D eigenvalue weighted by Gasteiger charge is 2.13. The molecule has 5 heteroatoms. The summed E-state index contributed by atoms with van der Waals surface area (Å²) in [6, 6.07) is 0. The van der Waals surface area contributed by atoms with E-state index >= 15 is 0 Å². The number of anilines is 1. The van der Waals surface area contributed by atoms with Crippen molar-refractivity contribution in [3.8, 4) is 0 Å². The van der Waals surface area contributed by atoms with Gasteiger partial charge in [0.25, 0.3) is 0 Å². The first-order chi connectivity index (χ1) is 8.02. The minimum atomic E-state index is 0.0573. The average Bonchev–Trinajstić information content (AvgIpc) is 2.59. The van der Waals surface area contributed by atoms with Crippen LogP contribution in [0.3, 0.4) is 0 Å². The molecule has 0 saturated heterocycles. The highest BCUT2D eigenvalue weighted by atomic mass is 32.1. The maximum atomic E-state index is 11.4. The fourth-order valence-corrected chi connectivity index (χ4v) is 2.33. The molecule has 1 N–H and O–H groups in total. The zero-order valence-electron chi connectivity index (χ0n) is 10.9. The molecule has 1 heterocycles. The molecule has 17 heavy (non-hydrogen) atoms. The molecule has 0 unspecified atom stereocenters. The molecule has 1 aromatic heterocycles. The zero-order valence-corrected chi connectivity index (χ0v) is 11.7. The van der Waals surface area contributed by atoms with Gasteiger partial charge in [-0.25, -0.2) is 0 Å². The van der Waals surface area contributed by atoms with E-state index in [1.165, 1.54) is 11.5 Å². The van der Waals surface area contributed by atoms with Gasteiger partial charge in [0, 0.05) is 13.2 Å². The van der Waals surface area contributed by atoms with Gasteiger partial charge in [-0.05, 0) is 31.3 Å². The number of nitrogens with one attached hydrogen (secondary N) is 1. The van der Waals surface area contributed by atoms with E-state index in [1.54, 1.807) is 6.92 Å². The average molecular weight is 256 g/mol. The fourth-order valence-electron chi connectivity index (χ4n) is 1.46. The van der Waals surface area contributed by atoms with Crippen LogP contribution >= 0.6 is 11.5 Å². The molecule has 0 atom stereocenters. The second-order valence-electron chi connectivity index (χ2n) is 4.42. The smallest absolute Gasteiger partial charge is 0.164 e. The highest BCUT2D eigenvalue weighted by molar-refractivity contribution is 7.10. The number of aromatic nitrogens is 1. The SMILES string of the molecule is CC(=O)c1c(C)nsc1NCCOCC(C)C. The molecular weight excluding hydrogens is 236 g/mol. The number of nitrogens with zero attached hydrogens (tertiary/aromatic N) is 1. The summed E-state index contributed by atoms with van der Waals surface area (Å²) in [7, 11) is 0. The van der Waals surface area contributed by atoms with Crippen LogP contribution in [0.5, 0.6) is 0 Å². The number of ketones is 1. The van der Waals surface area contributed by atoms with Crippen molar-refractivity contribution in [3.05, 3.63) is 11.3 Å².